The fourth-order valence-electron chi connectivity index (χ4n) is 2.41. The molecule has 108 valence electrons. The summed E-state index contributed by atoms with van der Waals surface area (Å²) < 4.78 is 0. The van der Waals surface area contributed by atoms with Gasteiger partial charge in [-0.3, -0.25) is 4.79 Å². The van der Waals surface area contributed by atoms with Gasteiger partial charge in [-0.05, 0) is 26.2 Å². The molecule has 6 nitrogen and oxygen atoms in total. The van der Waals surface area contributed by atoms with Crippen LogP contribution >= 0.6 is 11.3 Å². The molecule has 1 aromatic rings. The smallest absolute Gasteiger partial charge is 0.261 e. The van der Waals surface area contributed by atoms with Gasteiger partial charge in [0.2, 0.25) is 0 Å². The van der Waals surface area contributed by atoms with Crippen LogP contribution in [-0.4, -0.2) is 29.7 Å². The van der Waals surface area contributed by atoms with Crippen molar-refractivity contribution < 1.29 is 9.90 Å². The second-order valence-corrected chi connectivity index (χ2v) is 6.34. The zero-order chi connectivity index (χ0) is 14.9. The summed E-state index contributed by atoms with van der Waals surface area (Å²) >= 11 is 1.16. The number of nitrogens with two attached hydrogens (primary N) is 2. The maximum Gasteiger partial charge on any atom is 0.261 e. The summed E-state index contributed by atoms with van der Waals surface area (Å²) in [5, 5.41) is 20.0. The minimum atomic E-state index is -0.684. The number of aliphatic hydroxyl groups is 1. The average Bonchev–Trinajstić information content (AvgIpc) is 2.59. The highest BCUT2D eigenvalue weighted by atomic mass is 32.1. The molecule has 0 aliphatic carbocycles. The molecule has 2 rings (SSSR count). The van der Waals surface area contributed by atoms with Gasteiger partial charge in [0.05, 0.1) is 11.3 Å². The van der Waals surface area contributed by atoms with Crippen molar-refractivity contribution in [3.8, 4) is 6.07 Å². The minimum absolute atomic E-state index is 0.163. The lowest BCUT2D eigenvalue weighted by atomic mass is 9.98. The van der Waals surface area contributed by atoms with Crippen molar-refractivity contribution in [2.24, 2.45) is 5.73 Å². The van der Waals surface area contributed by atoms with Crippen molar-refractivity contribution in [3.63, 3.8) is 0 Å². The molecule has 1 atom stereocenters. The number of nitriles is 1. The SMILES string of the molecule is CC1(O)CCCN(c2sc(C(N)=O)c(N)c2C#N)CC1. The van der Waals surface area contributed by atoms with Gasteiger partial charge in [0.25, 0.3) is 5.91 Å². The first kappa shape index (κ1) is 14.6. The molecule has 5 N–H and O–H groups in total. The number of hydrogen-bond acceptors (Lipinski definition) is 6. The fraction of sp³-hybridized carbons (Fsp3) is 0.538. The average molecular weight is 294 g/mol. The lowest BCUT2D eigenvalue weighted by Crippen LogP contribution is -2.28. The molecule has 0 aromatic carbocycles. The monoisotopic (exact) mass is 294 g/mol. The first-order chi connectivity index (χ1) is 9.35. The van der Waals surface area contributed by atoms with E-state index in [0.717, 1.165) is 30.7 Å². The topological polar surface area (TPSA) is 116 Å². The third-order valence-electron chi connectivity index (χ3n) is 3.61. The van der Waals surface area contributed by atoms with Crippen LogP contribution < -0.4 is 16.4 Å². The van der Waals surface area contributed by atoms with Crippen LogP contribution in [0.3, 0.4) is 0 Å². The van der Waals surface area contributed by atoms with E-state index in [1.165, 1.54) is 0 Å². The van der Waals surface area contributed by atoms with Crippen molar-refractivity contribution >= 4 is 27.9 Å². The molecule has 1 amide bonds. The Labute approximate surface area is 121 Å². The van der Waals surface area contributed by atoms with Crippen molar-refractivity contribution in [2.75, 3.05) is 23.7 Å². The number of thiophene rings is 1. The van der Waals surface area contributed by atoms with Crippen LogP contribution in [0.25, 0.3) is 0 Å². The van der Waals surface area contributed by atoms with Crippen LogP contribution in [0.15, 0.2) is 0 Å². The van der Waals surface area contributed by atoms with Gasteiger partial charge in [-0.2, -0.15) is 5.26 Å². The van der Waals surface area contributed by atoms with E-state index in [-0.39, 0.29) is 10.6 Å². The molecule has 1 aliphatic rings. The summed E-state index contributed by atoms with van der Waals surface area (Å²) in [7, 11) is 0. The normalized spacial score (nSPS) is 23.1. The van der Waals surface area contributed by atoms with Crippen LogP contribution in [0.4, 0.5) is 10.7 Å². The molecular formula is C13H18N4O2S. The molecule has 1 aliphatic heterocycles. The number of carbonyl (C=O) groups excluding carboxylic acids is 1. The van der Waals surface area contributed by atoms with E-state index >= 15 is 0 Å². The van der Waals surface area contributed by atoms with Gasteiger partial charge in [0, 0.05) is 13.1 Å². The summed E-state index contributed by atoms with van der Waals surface area (Å²) in [6, 6.07) is 2.05. The second-order valence-electron chi connectivity index (χ2n) is 5.34. The summed E-state index contributed by atoms with van der Waals surface area (Å²) in [5.74, 6) is -0.614. The standard InChI is InChI=1S/C13H18N4O2S/c1-13(19)3-2-5-17(6-4-13)12-8(7-14)9(15)10(20-12)11(16)18/h19H,2-6,15H2,1H3,(H2,16,18). The van der Waals surface area contributed by atoms with E-state index in [0.29, 0.717) is 23.5 Å². The van der Waals surface area contributed by atoms with Gasteiger partial charge in [-0.1, -0.05) is 0 Å². The highest BCUT2D eigenvalue weighted by Crippen LogP contribution is 2.39. The van der Waals surface area contributed by atoms with Crippen LogP contribution in [0, 0.1) is 11.3 Å². The lowest BCUT2D eigenvalue weighted by molar-refractivity contribution is 0.0481. The van der Waals surface area contributed by atoms with E-state index in [9.17, 15) is 15.2 Å². The van der Waals surface area contributed by atoms with E-state index in [1.807, 2.05) is 11.8 Å². The van der Waals surface area contributed by atoms with Crippen molar-refractivity contribution in [3.05, 3.63) is 10.4 Å². The predicted octanol–water partition coefficient (Wildman–Crippen LogP) is 1.04. The van der Waals surface area contributed by atoms with Crippen molar-refractivity contribution in [1.82, 2.24) is 0 Å². The van der Waals surface area contributed by atoms with Gasteiger partial charge in [0.15, 0.2) is 0 Å². The zero-order valence-electron chi connectivity index (χ0n) is 11.3. The zero-order valence-corrected chi connectivity index (χ0v) is 12.2. The molecule has 0 radical (unpaired) electrons. The third-order valence-corrected chi connectivity index (χ3v) is 4.89. The van der Waals surface area contributed by atoms with Gasteiger partial charge < -0.3 is 21.5 Å². The van der Waals surface area contributed by atoms with Crippen LogP contribution in [0.5, 0.6) is 0 Å². The Morgan fingerprint density at radius 2 is 2.20 bits per heavy atom. The number of rotatable bonds is 2. The first-order valence-corrected chi connectivity index (χ1v) is 7.27. The molecule has 1 fully saturated rings. The number of primary amides is 1. The summed E-state index contributed by atoms with van der Waals surface area (Å²) in [6.45, 7) is 3.17. The Morgan fingerprint density at radius 3 is 2.80 bits per heavy atom. The highest BCUT2D eigenvalue weighted by molar-refractivity contribution is 7.19. The molecule has 0 spiro atoms. The van der Waals surface area contributed by atoms with E-state index in [4.69, 9.17) is 11.5 Å². The van der Waals surface area contributed by atoms with E-state index in [2.05, 4.69) is 6.07 Å². The van der Waals surface area contributed by atoms with Crippen molar-refractivity contribution in [1.29, 1.82) is 5.26 Å². The third kappa shape index (κ3) is 2.71. The molecule has 0 saturated carbocycles. The number of nitrogens with zero attached hydrogens (tertiary/aromatic N) is 2. The Balaban J connectivity index is 2.35. The number of anilines is 2. The first-order valence-electron chi connectivity index (χ1n) is 6.45. The molecule has 1 aromatic heterocycles. The van der Waals surface area contributed by atoms with Crippen molar-refractivity contribution in [2.45, 2.75) is 31.8 Å². The number of nitrogen functional groups attached to an aromatic ring is 1. The van der Waals surface area contributed by atoms with Crippen LogP contribution in [0.2, 0.25) is 0 Å². The molecule has 2 heterocycles. The highest BCUT2D eigenvalue weighted by Gasteiger charge is 2.28. The summed E-state index contributed by atoms with van der Waals surface area (Å²) in [5.41, 5.74) is 10.9. The number of amides is 1. The van der Waals surface area contributed by atoms with E-state index < -0.39 is 11.5 Å². The Hall–Kier alpha value is -1.78. The summed E-state index contributed by atoms with van der Waals surface area (Å²) in [4.78, 5) is 13.6. The number of hydrogen-bond donors (Lipinski definition) is 3. The minimum Gasteiger partial charge on any atom is -0.396 e. The molecule has 0 bridgehead atoms. The quantitative estimate of drug-likeness (QED) is 0.753. The molecule has 20 heavy (non-hydrogen) atoms. The maximum atomic E-state index is 11.3. The Morgan fingerprint density at radius 1 is 1.50 bits per heavy atom. The number of carbonyl (C=O) groups is 1. The summed E-state index contributed by atoms with van der Waals surface area (Å²) in [6.07, 6.45) is 2.15. The van der Waals surface area contributed by atoms with E-state index in [1.54, 1.807) is 0 Å². The lowest BCUT2D eigenvalue weighted by Gasteiger charge is -2.23. The van der Waals surface area contributed by atoms with Crippen LogP contribution in [-0.2, 0) is 0 Å². The maximum absolute atomic E-state index is 11.3. The second kappa shape index (κ2) is 5.31. The Bertz CT molecular complexity index is 574. The molecule has 1 saturated heterocycles. The van der Waals surface area contributed by atoms with Gasteiger partial charge in [0.1, 0.15) is 21.5 Å². The van der Waals surface area contributed by atoms with Gasteiger partial charge >= 0.3 is 0 Å². The molecule has 1 unspecified atom stereocenters. The Kier molecular flexibility index (Phi) is 3.88. The predicted molar refractivity (Wildman–Crippen MR) is 78.7 cm³/mol. The molecular weight excluding hydrogens is 276 g/mol. The fourth-order valence-corrected chi connectivity index (χ4v) is 3.49. The largest absolute Gasteiger partial charge is 0.396 e. The molecule has 7 heteroatoms. The van der Waals surface area contributed by atoms with Crippen LogP contribution in [0.1, 0.15) is 41.4 Å². The van der Waals surface area contributed by atoms with Gasteiger partial charge in [-0.15, -0.1) is 11.3 Å². The van der Waals surface area contributed by atoms with Gasteiger partial charge in [-0.25, -0.2) is 0 Å².